The van der Waals surface area contributed by atoms with Gasteiger partial charge in [0.1, 0.15) is 0 Å². The normalized spacial score (nSPS) is 20.5. The standard InChI is InChI=1S/C8H15NS/c1-2-3-4-5-8(10-9)6-7-8/h2H,1,3-7,9H2. The largest absolute Gasteiger partial charge is 0.277 e. The number of allylic oxidation sites excluding steroid dienone is 1. The predicted octanol–water partition coefficient (Wildman–Crippen LogP) is 2.48. The van der Waals surface area contributed by atoms with E-state index in [9.17, 15) is 0 Å². The third-order valence-electron chi connectivity index (χ3n) is 2.10. The van der Waals surface area contributed by atoms with Crippen molar-refractivity contribution < 1.29 is 0 Å². The molecule has 0 aliphatic heterocycles. The second-order valence-electron chi connectivity index (χ2n) is 2.98. The number of rotatable bonds is 5. The van der Waals surface area contributed by atoms with Crippen LogP contribution in [0.1, 0.15) is 32.1 Å². The molecule has 0 aromatic carbocycles. The van der Waals surface area contributed by atoms with Crippen LogP contribution in [-0.4, -0.2) is 4.75 Å². The zero-order chi connectivity index (χ0) is 7.45. The fourth-order valence-electron chi connectivity index (χ4n) is 1.13. The quantitative estimate of drug-likeness (QED) is 0.377. The summed E-state index contributed by atoms with van der Waals surface area (Å²) in [5, 5.41) is 5.54. The lowest BCUT2D eigenvalue weighted by Crippen LogP contribution is -2.05. The zero-order valence-electron chi connectivity index (χ0n) is 6.31. The summed E-state index contributed by atoms with van der Waals surface area (Å²) in [4.78, 5) is 0. The van der Waals surface area contributed by atoms with Gasteiger partial charge in [0.2, 0.25) is 0 Å². The van der Waals surface area contributed by atoms with Crippen molar-refractivity contribution in [3.63, 3.8) is 0 Å². The zero-order valence-corrected chi connectivity index (χ0v) is 7.12. The number of hydrogen-bond acceptors (Lipinski definition) is 2. The molecule has 1 nitrogen and oxygen atoms in total. The minimum atomic E-state index is 0.489. The maximum Gasteiger partial charge on any atom is 0.0304 e. The first-order valence-electron chi connectivity index (χ1n) is 3.82. The van der Waals surface area contributed by atoms with E-state index in [0.29, 0.717) is 4.75 Å². The van der Waals surface area contributed by atoms with Gasteiger partial charge in [0.05, 0.1) is 0 Å². The molecule has 10 heavy (non-hydrogen) atoms. The van der Waals surface area contributed by atoms with Crippen LogP contribution in [0.3, 0.4) is 0 Å². The molecule has 2 heteroatoms. The van der Waals surface area contributed by atoms with E-state index < -0.39 is 0 Å². The van der Waals surface area contributed by atoms with E-state index in [0.717, 1.165) is 6.42 Å². The molecule has 0 radical (unpaired) electrons. The van der Waals surface area contributed by atoms with Gasteiger partial charge in [-0.2, -0.15) is 0 Å². The third-order valence-corrected chi connectivity index (χ3v) is 3.21. The topological polar surface area (TPSA) is 26.0 Å². The van der Waals surface area contributed by atoms with Crippen molar-refractivity contribution in [3.05, 3.63) is 12.7 Å². The second kappa shape index (κ2) is 3.44. The third kappa shape index (κ3) is 2.03. The van der Waals surface area contributed by atoms with Crippen molar-refractivity contribution >= 4 is 11.9 Å². The van der Waals surface area contributed by atoms with Crippen molar-refractivity contribution in [2.75, 3.05) is 0 Å². The van der Waals surface area contributed by atoms with Crippen LogP contribution in [0, 0.1) is 0 Å². The van der Waals surface area contributed by atoms with Gasteiger partial charge in [-0.25, -0.2) is 0 Å². The highest BCUT2D eigenvalue weighted by Gasteiger charge is 2.41. The molecule has 1 fully saturated rings. The molecule has 58 valence electrons. The Balaban J connectivity index is 2.06. The molecule has 1 aliphatic rings. The van der Waals surface area contributed by atoms with E-state index in [2.05, 4.69) is 6.58 Å². The van der Waals surface area contributed by atoms with Crippen molar-refractivity contribution in [1.82, 2.24) is 0 Å². The molecule has 0 aromatic rings. The highest BCUT2D eigenvalue weighted by atomic mass is 32.2. The first-order chi connectivity index (χ1) is 4.83. The molecule has 0 saturated heterocycles. The van der Waals surface area contributed by atoms with E-state index in [4.69, 9.17) is 5.14 Å². The van der Waals surface area contributed by atoms with Crippen LogP contribution in [0.4, 0.5) is 0 Å². The van der Waals surface area contributed by atoms with Crippen molar-refractivity contribution in [2.24, 2.45) is 5.14 Å². The fraction of sp³-hybridized carbons (Fsp3) is 0.750. The van der Waals surface area contributed by atoms with Crippen molar-refractivity contribution in [2.45, 2.75) is 36.9 Å². The van der Waals surface area contributed by atoms with Crippen molar-refractivity contribution in [3.8, 4) is 0 Å². The van der Waals surface area contributed by atoms with Crippen LogP contribution in [0.15, 0.2) is 12.7 Å². The first-order valence-corrected chi connectivity index (χ1v) is 4.70. The predicted molar refractivity (Wildman–Crippen MR) is 47.8 cm³/mol. The van der Waals surface area contributed by atoms with Gasteiger partial charge in [-0.1, -0.05) is 18.0 Å². The van der Waals surface area contributed by atoms with Crippen LogP contribution in [-0.2, 0) is 0 Å². The highest BCUT2D eigenvalue weighted by molar-refractivity contribution is 7.98. The van der Waals surface area contributed by atoms with Gasteiger partial charge < -0.3 is 0 Å². The van der Waals surface area contributed by atoms with E-state index >= 15 is 0 Å². The molecular formula is C8H15NS. The van der Waals surface area contributed by atoms with Crippen LogP contribution in [0.2, 0.25) is 0 Å². The average molecular weight is 157 g/mol. The summed E-state index contributed by atoms with van der Waals surface area (Å²) in [6.07, 6.45) is 8.31. The molecule has 0 aromatic heterocycles. The Bertz CT molecular complexity index is 118. The monoisotopic (exact) mass is 157 g/mol. The summed E-state index contributed by atoms with van der Waals surface area (Å²) >= 11 is 1.55. The van der Waals surface area contributed by atoms with Gasteiger partial charge in [-0.15, -0.1) is 6.58 Å². The summed E-state index contributed by atoms with van der Waals surface area (Å²) in [6.45, 7) is 3.69. The fourth-order valence-corrected chi connectivity index (χ4v) is 1.73. The van der Waals surface area contributed by atoms with Gasteiger partial charge >= 0.3 is 0 Å². The second-order valence-corrected chi connectivity index (χ2v) is 4.08. The molecule has 0 unspecified atom stereocenters. The Hall–Kier alpha value is 0.0500. The van der Waals surface area contributed by atoms with Crippen molar-refractivity contribution in [1.29, 1.82) is 0 Å². The summed E-state index contributed by atoms with van der Waals surface area (Å²) in [5.41, 5.74) is 0. The highest BCUT2D eigenvalue weighted by Crippen LogP contribution is 2.49. The number of unbranched alkanes of at least 4 members (excludes halogenated alkanes) is 1. The van der Waals surface area contributed by atoms with E-state index in [-0.39, 0.29) is 0 Å². The van der Waals surface area contributed by atoms with Crippen LogP contribution >= 0.6 is 11.9 Å². The molecule has 0 spiro atoms. The number of hydrogen-bond donors (Lipinski definition) is 1. The lowest BCUT2D eigenvalue weighted by molar-refractivity contribution is 0.710. The molecule has 1 aliphatic carbocycles. The van der Waals surface area contributed by atoms with Gasteiger partial charge in [0, 0.05) is 4.75 Å². The molecule has 0 atom stereocenters. The van der Waals surface area contributed by atoms with Gasteiger partial charge in [0.25, 0.3) is 0 Å². The minimum Gasteiger partial charge on any atom is -0.277 e. The van der Waals surface area contributed by atoms with Crippen LogP contribution in [0.25, 0.3) is 0 Å². The molecule has 0 amide bonds. The maximum atomic E-state index is 5.54. The van der Waals surface area contributed by atoms with Gasteiger partial charge in [-0.05, 0) is 32.1 Å². The molecule has 1 rings (SSSR count). The van der Waals surface area contributed by atoms with E-state index in [1.165, 1.54) is 25.7 Å². The summed E-state index contributed by atoms with van der Waals surface area (Å²) in [7, 11) is 0. The first kappa shape index (κ1) is 8.15. The molecular weight excluding hydrogens is 142 g/mol. The summed E-state index contributed by atoms with van der Waals surface area (Å²) in [5.74, 6) is 0. The van der Waals surface area contributed by atoms with Crippen LogP contribution < -0.4 is 5.14 Å². The molecule has 0 heterocycles. The molecule has 0 bridgehead atoms. The summed E-state index contributed by atoms with van der Waals surface area (Å²) < 4.78 is 0.489. The lowest BCUT2D eigenvalue weighted by Gasteiger charge is -2.08. The van der Waals surface area contributed by atoms with Crippen LogP contribution in [0.5, 0.6) is 0 Å². The Morgan fingerprint density at radius 3 is 2.70 bits per heavy atom. The minimum absolute atomic E-state index is 0.489. The summed E-state index contributed by atoms with van der Waals surface area (Å²) in [6, 6.07) is 0. The van der Waals surface area contributed by atoms with E-state index in [1.54, 1.807) is 11.9 Å². The molecule has 1 saturated carbocycles. The Morgan fingerprint density at radius 1 is 1.60 bits per heavy atom. The van der Waals surface area contributed by atoms with E-state index in [1.807, 2.05) is 6.08 Å². The maximum absolute atomic E-state index is 5.54. The lowest BCUT2D eigenvalue weighted by atomic mass is 10.2. The Labute approximate surface area is 67.2 Å². The Kier molecular flexibility index (Phi) is 2.81. The smallest absolute Gasteiger partial charge is 0.0304 e. The van der Waals surface area contributed by atoms with Gasteiger partial charge in [-0.3, -0.25) is 5.14 Å². The SMILES string of the molecule is C=CCCCC1(SN)CC1. The average Bonchev–Trinajstić information content (AvgIpc) is 2.70. The number of nitrogens with two attached hydrogens (primary N) is 1. The Morgan fingerprint density at radius 2 is 2.30 bits per heavy atom. The van der Waals surface area contributed by atoms with Gasteiger partial charge in [0.15, 0.2) is 0 Å². The molecule has 2 N–H and O–H groups in total.